The van der Waals surface area contributed by atoms with Gasteiger partial charge in [-0.3, -0.25) is 4.90 Å². The minimum Gasteiger partial charge on any atom is -0.329 e. The van der Waals surface area contributed by atoms with Crippen molar-refractivity contribution in [1.82, 2.24) is 9.80 Å². The lowest BCUT2D eigenvalue weighted by molar-refractivity contribution is 0.133. The van der Waals surface area contributed by atoms with Gasteiger partial charge < -0.3 is 10.6 Å². The minimum atomic E-state index is 0.230. The quantitative estimate of drug-likeness (QED) is 0.800. The van der Waals surface area contributed by atoms with Crippen LogP contribution in [-0.2, 0) is 0 Å². The van der Waals surface area contributed by atoms with Gasteiger partial charge in [0.25, 0.3) is 0 Å². The predicted octanol–water partition coefficient (Wildman–Crippen LogP) is 3.44. The van der Waals surface area contributed by atoms with Gasteiger partial charge in [0.1, 0.15) is 4.34 Å². The molecule has 1 heterocycles. The maximum absolute atomic E-state index is 6.15. The average molecular weight is 369 g/mol. The van der Waals surface area contributed by atoms with Crippen molar-refractivity contribution in [2.75, 3.05) is 33.7 Å². The number of rotatable bonds is 7. The molecule has 6 heteroatoms. The number of thiophene rings is 1. The Kier molecular flexibility index (Phi) is 7.29. The Morgan fingerprint density at radius 2 is 2.11 bits per heavy atom. The summed E-state index contributed by atoms with van der Waals surface area (Å²) in [6.45, 7) is 7.03. The van der Waals surface area contributed by atoms with E-state index < -0.39 is 0 Å². The first-order chi connectivity index (χ1) is 8.90. The van der Waals surface area contributed by atoms with Crippen LogP contribution < -0.4 is 5.73 Å². The summed E-state index contributed by atoms with van der Waals surface area (Å²) in [5.41, 5.74) is 6.00. The third-order valence-electron chi connectivity index (χ3n) is 3.18. The molecule has 0 bridgehead atoms. The van der Waals surface area contributed by atoms with E-state index in [2.05, 4.69) is 59.7 Å². The highest BCUT2D eigenvalue weighted by Gasteiger charge is 2.25. The third-order valence-corrected chi connectivity index (χ3v) is 5.75. The van der Waals surface area contributed by atoms with Crippen molar-refractivity contribution in [1.29, 1.82) is 0 Å². The van der Waals surface area contributed by atoms with Gasteiger partial charge in [-0.15, -0.1) is 11.3 Å². The zero-order valence-electron chi connectivity index (χ0n) is 12.0. The molecule has 110 valence electrons. The zero-order valence-corrected chi connectivity index (χ0v) is 15.1. The Morgan fingerprint density at radius 3 is 2.47 bits per heavy atom. The fourth-order valence-corrected chi connectivity index (χ4v) is 4.29. The van der Waals surface area contributed by atoms with Crippen LogP contribution >= 0.6 is 38.9 Å². The number of likely N-dealkylation sites (N-methyl/N-ethyl adjacent to an activating group) is 2. The van der Waals surface area contributed by atoms with Gasteiger partial charge in [0, 0.05) is 28.5 Å². The fourth-order valence-electron chi connectivity index (χ4n) is 2.42. The molecule has 0 aliphatic carbocycles. The zero-order chi connectivity index (χ0) is 14.6. The van der Waals surface area contributed by atoms with Crippen LogP contribution in [0.1, 0.15) is 24.8 Å². The van der Waals surface area contributed by atoms with E-state index in [4.69, 9.17) is 17.3 Å². The summed E-state index contributed by atoms with van der Waals surface area (Å²) < 4.78 is 1.76. The van der Waals surface area contributed by atoms with Gasteiger partial charge in [-0.2, -0.15) is 0 Å². The van der Waals surface area contributed by atoms with Crippen LogP contribution in [0.3, 0.4) is 0 Å². The summed E-state index contributed by atoms with van der Waals surface area (Å²) in [4.78, 5) is 5.87. The molecule has 0 fully saturated rings. The second-order valence-corrected chi connectivity index (χ2v) is 7.50. The molecule has 0 amide bonds. The molecule has 0 aliphatic heterocycles. The first-order valence-corrected chi connectivity index (χ1v) is 8.44. The Labute approximate surface area is 133 Å². The Bertz CT molecular complexity index is 378. The summed E-state index contributed by atoms with van der Waals surface area (Å²) in [6.07, 6.45) is 0. The fraction of sp³-hybridized carbons (Fsp3) is 0.692. The maximum atomic E-state index is 6.15. The molecular weight excluding hydrogens is 346 g/mol. The molecule has 1 aromatic rings. The normalized spacial score (nSPS) is 15.2. The first-order valence-electron chi connectivity index (χ1n) is 6.45. The standard InChI is InChI=1S/C13H23BrClN3S/c1-5-18(9(2)8-17(3)4)11(7-16)12-6-10(14)13(15)19-12/h6,9,11H,5,7-8,16H2,1-4H3. The van der Waals surface area contributed by atoms with Crippen molar-refractivity contribution in [3.05, 3.63) is 19.8 Å². The highest BCUT2D eigenvalue weighted by Crippen LogP contribution is 2.37. The van der Waals surface area contributed by atoms with Crippen LogP contribution in [0.15, 0.2) is 10.5 Å². The lowest BCUT2D eigenvalue weighted by atomic mass is 10.1. The second-order valence-electron chi connectivity index (χ2n) is 4.96. The Morgan fingerprint density at radius 1 is 1.47 bits per heavy atom. The Balaban J connectivity index is 2.92. The number of hydrogen-bond donors (Lipinski definition) is 1. The number of nitrogens with two attached hydrogens (primary N) is 1. The van der Waals surface area contributed by atoms with Gasteiger partial charge in [-0.1, -0.05) is 18.5 Å². The largest absolute Gasteiger partial charge is 0.329 e. The average Bonchev–Trinajstić information content (AvgIpc) is 2.64. The van der Waals surface area contributed by atoms with Crippen LogP contribution in [0.25, 0.3) is 0 Å². The van der Waals surface area contributed by atoms with Gasteiger partial charge in [0.15, 0.2) is 0 Å². The highest BCUT2D eigenvalue weighted by molar-refractivity contribution is 9.10. The highest BCUT2D eigenvalue weighted by atomic mass is 79.9. The minimum absolute atomic E-state index is 0.230. The number of hydrogen-bond acceptors (Lipinski definition) is 4. The van der Waals surface area contributed by atoms with E-state index in [1.54, 1.807) is 11.3 Å². The van der Waals surface area contributed by atoms with Gasteiger partial charge in [0.05, 0.1) is 6.04 Å². The molecule has 0 aromatic carbocycles. The van der Waals surface area contributed by atoms with E-state index in [1.165, 1.54) is 4.88 Å². The molecular formula is C13H23BrClN3S. The molecule has 2 atom stereocenters. The summed E-state index contributed by atoms with van der Waals surface area (Å²) in [6, 6.07) is 2.78. The van der Waals surface area contributed by atoms with Crippen molar-refractivity contribution in [2.45, 2.75) is 25.9 Å². The van der Waals surface area contributed by atoms with Crippen molar-refractivity contribution in [3.63, 3.8) is 0 Å². The SMILES string of the molecule is CCN(C(C)CN(C)C)C(CN)c1cc(Br)c(Cl)s1. The van der Waals surface area contributed by atoms with E-state index in [9.17, 15) is 0 Å². The summed E-state index contributed by atoms with van der Waals surface area (Å²) in [5.74, 6) is 0. The summed E-state index contributed by atoms with van der Waals surface area (Å²) in [5, 5.41) is 0. The summed E-state index contributed by atoms with van der Waals surface area (Å²) >= 11 is 11.2. The molecule has 0 aliphatic rings. The monoisotopic (exact) mass is 367 g/mol. The molecule has 1 aromatic heterocycles. The molecule has 0 saturated carbocycles. The smallest absolute Gasteiger partial charge is 0.107 e. The van der Waals surface area contributed by atoms with Crippen LogP contribution in [0.5, 0.6) is 0 Å². The lowest BCUT2D eigenvalue weighted by Gasteiger charge is -2.35. The molecule has 3 nitrogen and oxygen atoms in total. The van der Waals surface area contributed by atoms with Crippen LogP contribution in [-0.4, -0.2) is 49.6 Å². The second kappa shape index (κ2) is 7.96. The van der Waals surface area contributed by atoms with Gasteiger partial charge in [0.2, 0.25) is 0 Å². The van der Waals surface area contributed by atoms with Crippen molar-refractivity contribution in [2.24, 2.45) is 5.73 Å². The molecule has 1 rings (SSSR count). The van der Waals surface area contributed by atoms with E-state index >= 15 is 0 Å². The number of nitrogens with zero attached hydrogens (tertiary/aromatic N) is 2. The van der Waals surface area contributed by atoms with E-state index in [0.717, 1.165) is 21.9 Å². The molecule has 0 spiro atoms. The lowest BCUT2D eigenvalue weighted by Crippen LogP contribution is -2.44. The van der Waals surface area contributed by atoms with Gasteiger partial charge in [-0.05, 0) is 49.6 Å². The number of halogens is 2. The van der Waals surface area contributed by atoms with Crippen LogP contribution in [0, 0.1) is 0 Å². The Hall–Kier alpha value is 0.350. The molecule has 2 unspecified atom stereocenters. The van der Waals surface area contributed by atoms with Gasteiger partial charge in [-0.25, -0.2) is 0 Å². The van der Waals surface area contributed by atoms with Crippen LogP contribution in [0.2, 0.25) is 4.34 Å². The van der Waals surface area contributed by atoms with Crippen molar-refractivity contribution < 1.29 is 0 Å². The van der Waals surface area contributed by atoms with E-state index in [-0.39, 0.29) is 6.04 Å². The molecule has 0 radical (unpaired) electrons. The summed E-state index contributed by atoms with van der Waals surface area (Å²) in [7, 11) is 4.20. The van der Waals surface area contributed by atoms with E-state index in [0.29, 0.717) is 12.6 Å². The predicted molar refractivity (Wildman–Crippen MR) is 89.2 cm³/mol. The van der Waals surface area contributed by atoms with Crippen molar-refractivity contribution in [3.8, 4) is 0 Å². The van der Waals surface area contributed by atoms with Gasteiger partial charge >= 0.3 is 0 Å². The van der Waals surface area contributed by atoms with Crippen molar-refractivity contribution >= 4 is 38.9 Å². The van der Waals surface area contributed by atoms with E-state index in [1.807, 2.05) is 0 Å². The first kappa shape index (κ1) is 17.4. The molecule has 0 saturated heterocycles. The topological polar surface area (TPSA) is 32.5 Å². The third kappa shape index (κ3) is 4.69. The maximum Gasteiger partial charge on any atom is 0.107 e. The molecule has 2 N–H and O–H groups in total. The molecule has 19 heavy (non-hydrogen) atoms. The van der Waals surface area contributed by atoms with Crippen LogP contribution in [0.4, 0.5) is 0 Å².